The summed E-state index contributed by atoms with van der Waals surface area (Å²) >= 11 is 0. The molecule has 0 N–H and O–H groups in total. The number of nitrogens with zero attached hydrogens (tertiary/aromatic N) is 2. The predicted octanol–water partition coefficient (Wildman–Crippen LogP) is 2.95. The summed E-state index contributed by atoms with van der Waals surface area (Å²) in [6, 6.07) is 2.02. The summed E-state index contributed by atoms with van der Waals surface area (Å²) in [5, 5.41) is 0. The highest BCUT2D eigenvalue weighted by Crippen LogP contribution is 2.28. The molecule has 0 saturated carbocycles. The highest BCUT2D eigenvalue weighted by atomic mass is 16.1. The number of likely N-dealkylation sites (tertiary alicyclic amines) is 1. The van der Waals surface area contributed by atoms with Crippen LogP contribution in [0.15, 0.2) is 6.07 Å². The molecule has 0 aromatic carbocycles. The maximum Gasteiger partial charge on any atom is 0.178 e. The highest BCUT2D eigenvalue weighted by Gasteiger charge is 2.28. The van der Waals surface area contributed by atoms with Crippen molar-refractivity contribution in [1.82, 2.24) is 9.47 Å². The fourth-order valence-corrected chi connectivity index (χ4v) is 3.11. The summed E-state index contributed by atoms with van der Waals surface area (Å²) in [6.45, 7) is 11.3. The Balaban J connectivity index is 2.07. The van der Waals surface area contributed by atoms with E-state index in [1.54, 1.807) is 0 Å². The van der Waals surface area contributed by atoms with Gasteiger partial charge in [-0.3, -0.25) is 9.69 Å². The molecule has 3 nitrogen and oxygen atoms in total. The van der Waals surface area contributed by atoms with Crippen molar-refractivity contribution < 1.29 is 4.79 Å². The number of hydrogen-bond acceptors (Lipinski definition) is 2. The van der Waals surface area contributed by atoms with Gasteiger partial charge < -0.3 is 4.57 Å². The van der Waals surface area contributed by atoms with Gasteiger partial charge in [0.2, 0.25) is 0 Å². The molecule has 3 heteroatoms. The van der Waals surface area contributed by atoms with Crippen molar-refractivity contribution in [3.63, 3.8) is 0 Å². The summed E-state index contributed by atoms with van der Waals surface area (Å²) in [7, 11) is 2.02. The van der Waals surface area contributed by atoms with E-state index in [-0.39, 0.29) is 5.78 Å². The van der Waals surface area contributed by atoms with Crippen LogP contribution in [0.2, 0.25) is 0 Å². The molecule has 2 heterocycles. The van der Waals surface area contributed by atoms with Crippen molar-refractivity contribution in [2.45, 2.75) is 40.5 Å². The van der Waals surface area contributed by atoms with E-state index >= 15 is 0 Å². The lowest BCUT2D eigenvalue weighted by atomic mass is 9.84. The minimum Gasteiger partial charge on any atom is -0.351 e. The van der Waals surface area contributed by atoms with Gasteiger partial charge in [0, 0.05) is 30.5 Å². The van der Waals surface area contributed by atoms with E-state index in [0.29, 0.717) is 12.0 Å². The molecule has 0 spiro atoms. The predicted molar refractivity (Wildman–Crippen MR) is 78.7 cm³/mol. The van der Waals surface area contributed by atoms with E-state index in [4.69, 9.17) is 0 Å². The number of carbonyl (C=O) groups excluding carboxylic acids is 1. The number of Topliss-reactive ketones (excluding diaryl/α,β-unsaturated/α-hetero) is 1. The quantitative estimate of drug-likeness (QED) is 0.783. The first kappa shape index (κ1) is 14.3. The first-order chi connectivity index (χ1) is 8.80. The molecule has 0 aliphatic carbocycles. The maximum atomic E-state index is 12.5. The molecule has 0 radical (unpaired) electrons. The summed E-state index contributed by atoms with van der Waals surface area (Å²) in [5.41, 5.74) is 3.47. The fourth-order valence-electron chi connectivity index (χ4n) is 3.11. The molecule has 0 bridgehead atoms. The van der Waals surface area contributed by atoms with Crippen LogP contribution in [0.25, 0.3) is 0 Å². The van der Waals surface area contributed by atoms with Gasteiger partial charge in [-0.2, -0.15) is 0 Å². The van der Waals surface area contributed by atoms with Crippen LogP contribution in [-0.4, -0.2) is 34.9 Å². The second-order valence-electron chi connectivity index (χ2n) is 6.75. The van der Waals surface area contributed by atoms with Crippen LogP contribution >= 0.6 is 0 Å². The third-order valence-corrected chi connectivity index (χ3v) is 4.42. The van der Waals surface area contributed by atoms with Crippen LogP contribution in [0.4, 0.5) is 0 Å². The van der Waals surface area contributed by atoms with E-state index in [1.807, 2.05) is 27.0 Å². The summed E-state index contributed by atoms with van der Waals surface area (Å²) in [6.07, 6.45) is 2.47. The Bertz CT molecular complexity index is 485. The first-order valence-electron chi connectivity index (χ1n) is 7.19. The molecule has 0 amide bonds. The maximum absolute atomic E-state index is 12.5. The van der Waals surface area contributed by atoms with Gasteiger partial charge in [0.1, 0.15) is 0 Å². The lowest BCUT2D eigenvalue weighted by molar-refractivity contribution is 0.0809. The summed E-state index contributed by atoms with van der Waals surface area (Å²) in [4.78, 5) is 14.8. The molecule has 1 aromatic rings. The Hall–Kier alpha value is -1.09. The smallest absolute Gasteiger partial charge is 0.178 e. The van der Waals surface area contributed by atoms with Gasteiger partial charge in [-0.05, 0) is 44.7 Å². The molecule has 2 rings (SSSR count). The van der Waals surface area contributed by atoms with Crippen LogP contribution in [0.5, 0.6) is 0 Å². The number of piperidine rings is 1. The van der Waals surface area contributed by atoms with Crippen molar-refractivity contribution in [3.05, 3.63) is 23.0 Å². The third-order valence-electron chi connectivity index (χ3n) is 4.42. The first-order valence-corrected chi connectivity index (χ1v) is 7.19. The lowest BCUT2D eigenvalue weighted by Crippen LogP contribution is -2.42. The molecule has 1 saturated heterocycles. The Kier molecular flexibility index (Phi) is 3.86. The lowest BCUT2D eigenvalue weighted by Gasteiger charge is -2.37. The number of aromatic nitrogens is 1. The van der Waals surface area contributed by atoms with Crippen molar-refractivity contribution in [2.24, 2.45) is 12.5 Å². The standard InChI is InChI=1S/C16H26N2O/c1-12-9-14(13(2)17(12)5)15(19)10-18-8-6-7-16(3,4)11-18/h9H,6-8,10-11H2,1-5H3. The average molecular weight is 262 g/mol. The van der Waals surface area contributed by atoms with Crippen LogP contribution < -0.4 is 0 Å². The van der Waals surface area contributed by atoms with Gasteiger partial charge in [0.05, 0.1) is 6.54 Å². The van der Waals surface area contributed by atoms with Gasteiger partial charge in [-0.1, -0.05) is 13.8 Å². The van der Waals surface area contributed by atoms with E-state index in [1.165, 1.54) is 12.8 Å². The molecule has 1 aromatic heterocycles. The number of hydrogen-bond donors (Lipinski definition) is 0. The Morgan fingerprint density at radius 1 is 1.37 bits per heavy atom. The van der Waals surface area contributed by atoms with E-state index < -0.39 is 0 Å². The van der Waals surface area contributed by atoms with Crippen molar-refractivity contribution in [3.8, 4) is 0 Å². The second kappa shape index (κ2) is 5.12. The molecule has 0 unspecified atom stereocenters. The van der Waals surface area contributed by atoms with Gasteiger partial charge >= 0.3 is 0 Å². The van der Waals surface area contributed by atoms with E-state index in [9.17, 15) is 4.79 Å². The van der Waals surface area contributed by atoms with Crippen molar-refractivity contribution >= 4 is 5.78 Å². The highest BCUT2D eigenvalue weighted by molar-refractivity contribution is 5.99. The van der Waals surface area contributed by atoms with Gasteiger partial charge in [0.25, 0.3) is 0 Å². The Morgan fingerprint density at radius 2 is 2.05 bits per heavy atom. The van der Waals surface area contributed by atoms with Crippen LogP contribution in [0, 0.1) is 19.3 Å². The number of ketones is 1. The van der Waals surface area contributed by atoms with Gasteiger partial charge in [-0.15, -0.1) is 0 Å². The number of carbonyl (C=O) groups is 1. The fraction of sp³-hybridized carbons (Fsp3) is 0.688. The number of aryl methyl sites for hydroxylation is 1. The number of rotatable bonds is 3. The van der Waals surface area contributed by atoms with Crippen LogP contribution in [0.3, 0.4) is 0 Å². The average Bonchev–Trinajstić information content (AvgIpc) is 2.56. The molecule has 1 aliphatic heterocycles. The normalized spacial score (nSPS) is 19.6. The minimum absolute atomic E-state index is 0.263. The Morgan fingerprint density at radius 3 is 2.58 bits per heavy atom. The largest absolute Gasteiger partial charge is 0.351 e. The SMILES string of the molecule is Cc1cc(C(=O)CN2CCCC(C)(C)C2)c(C)n1C. The van der Waals surface area contributed by atoms with Crippen molar-refractivity contribution in [1.29, 1.82) is 0 Å². The van der Waals surface area contributed by atoms with Crippen molar-refractivity contribution in [2.75, 3.05) is 19.6 Å². The van der Waals surface area contributed by atoms with Gasteiger partial charge in [-0.25, -0.2) is 0 Å². The topological polar surface area (TPSA) is 25.2 Å². The molecular weight excluding hydrogens is 236 g/mol. The molecule has 1 aliphatic rings. The molecular formula is C16H26N2O. The zero-order chi connectivity index (χ0) is 14.2. The molecule has 0 atom stereocenters. The zero-order valence-corrected chi connectivity index (χ0v) is 12.9. The summed E-state index contributed by atoms with van der Waals surface area (Å²) < 4.78 is 2.09. The molecule has 106 valence electrons. The van der Waals surface area contributed by atoms with E-state index in [2.05, 4.69) is 23.3 Å². The van der Waals surface area contributed by atoms with Crippen LogP contribution in [0.1, 0.15) is 48.4 Å². The monoisotopic (exact) mass is 262 g/mol. The molecule has 19 heavy (non-hydrogen) atoms. The van der Waals surface area contributed by atoms with E-state index in [0.717, 1.165) is 30.0 Å². The third kappa shape index (κ3) is 3.08. The molecule has 1 fully saturated rings. The zero-order valence-electron chi connectivity index (χ0n) is 12.9. The second-order valence-corrected chi connectivity index (χ2v) is 6.75. The van der Waals surface area contributed by atoms with Gasteiger partial charge in [0.15, 0.2) is 5.78 Å². The van der Waals surface area contributed by atoms with Crippen LogP contribution in [-0.2, 0) is 7.05 Å². The summed E-state index contributed by atoms with van der Waals surface area (Å²) in [5.74, 6) is 0.263. The Labute approximate surface area is 116 Å². The minimum atomic E-state index is 0.263.